The summed E-state index contributed by atoms with van der Waals surface area (Å²) < 4.78 is 31.9. The molecule has 0 saturated carbocycles. The van der Waals surface area contributed by atoms with E-state index in [1.165, 1.54) is 0 Å². The van der Waals surface area contributed by atoms with Crippen molar-refractivity contribution in [3.63, 3.8) is 0 Å². The number of para-hydroxylation sites is 1. The average molecular weight is 730 g/mol. The molecule has 5 aromatic rings. The fraction of sp³-hybridized carbons (Fsp3) is 0.256. The molecule has 1 aliphatic rings. The first-order valence-corrected chi connectivity index (χ1v) is 18.5. The molecule has 1 aromatic heterocycles. The third-order valence-corrected chi connectivity index (χ3v) is 10.6. The van der Waals surface area contributed by atoms with Crippen LogP contribution in [-0.4, -0.2) is 50.1 Å². The van der Waals surface area contributed by atoms with Crippen LogP contribution in [0.3, 0.4) is 0 Å². The van der Waals surface area contributed by atoms with Crippen molar-refractivity contribution in [2.24, 2.45) is 0 Å². The van der Waals surface area contributed by atoms with Crippen LogP contribution < -0.4 is 19.5 Å². The molecule has 1 unspecified atom stereocenters. The fourth-order valence-electron chi connectivity index (χ4n) is 6.18. The third kappa shape index (κ3) is 8.78. The maximum atomic E-state index is 13.8. The molecule has 1 aliphatic heterocycles. The van der Waals surface area contributed by atoms with Crippen molar-refractivity contribution in [3.8, 4) is 46.1 Å². The standard InChI is InChI=1S/C43H43N3O6S/c1-43(2,3)53(49)46-28-33-26-36(42(48)44-27-31-16-19-35(20-17-31)52-34-12-7-6-8-13-34)45-41(40(33)37(46)22-23-47)32-11-9-10-29(24-32)14-15-30-18-21-38(50-4)39(25-30)51-5/h6-13,16-21,24-26,37,47H,22-23,27-28H2,1-5H3,(H,44,48)/t37-,53?/m1/s1. The predicted molar refractivity (Wildman–Crippen MR) is 207 cm³/mol. The highest BCUT2D eigenvalue weighted by atomic mass is 32.2. The van der Waals surface area contributed by atoms with Crippen molar-refractivity contribution in [1.82, 2.24) is 14.6 Å². The number of methoxy groups -OCH3 is 2. The van der Waals surface area contributed by atoms with Crippen LogP contribution in [-0.2, 0) is 24.1 Å². The van der Waals surface area contributed by atoms with Crippen LogP contribution >= 0.6 is 0 Å². The first-order valence-electron chi connectivity index (χ1n) is 17.4. The Kier molecular flexibility index (Phi) is 11.6. The van der Waals surface area contributed by atoms with E-state index < -0.39 is 15.7 Å². The van der Waals surface area contributed by atoms with Gasteiger partial charge in [-0.15, -0.1) is 0 Å². The minimum absolute atomic E-state index is 0.102. The molecule has 0 radical (unpaired) electrons. The van der Waals surface area contributed by atoms with Crippen molar-refractivity contribution in [2.75, 3.05) is 20.8 Å². The Balaban J connectivity index is 1.32. The topological polar surface area (TPSA) is 110 Å². The van der Waals surface area contributed by atoms with Gasteiger partial charge in [0.05, 0.1) is 30.7 Å². The van der Waals surface area contributed by atoms with E-state index in [0.29, 0.717) is 35.9 Å². The van der Waals surface area contributed by atoms with E-state index in [1.807, 2.05) is 122 Å². The zero-order valence-corrected chi connectivity index (χ0v) is 31.3. The van der Waals surface area contributed by atoms with Gasteiger partial charge in [-0.2, -0.15) is 0 Å². The van der Waals surface area contributed by atoms with Crippen LogP contribution in [0.1, 0.15) is 71.5 Å². The Hall–Kier alpha value is -5.47. The van der Waals surface area contributed by atoms with Crippen LogP contribution in [0, 0.1) is 11.8 Å². The summed E-state index contributed by atoms with van der Waals surface area (Å²) in [7, 11) is 1.78. The number of rotatable bonds is 11. The molecule has 0 bridgehead atoms. The van der Waals surface area contributed by atoms with Gasteiger partial charge in [0.25, 0.3) is 5.91 Å². The summed E-state index contributed by atoms with van der Waals surface area (Å²) in [4.78, 5) is 18.7. The second-order valence-corrected chi connectivity index (χ2v) is 15.7. The molecule has 2 atom stereocenters. The molecule has 9 nitrogen and oxygen atoms in total. The molecule has 4 aromatic carbocycles. The Bertz CT molecular complexity index is 2170. The number of aliphatic hydroxyl groups is 1. The van der Waals surface area contributed by atoms with Gasteiger partial charge in [-0.05, 0) is 99.0 Å². The molecule has 0 fully saturated rings. The summed E-state index contributed by atoms with van der Waals surface area (Å²) in [6, 6.07) is 31.7. The zero-order valence-electron chi connectivity index (χ0n) is 30.5. The summed E-state index contributed by atoms with van der Waals surface area (Å²) in [6.45, 7) is 6.33. The van der Waals surface area contributed by atoms with Crippen molar-refractivity contribution >= 4 is 16.9 Å². The average Bonchev–Trinajstić information content (AvgIpc) is 3.54. The number of nitrogens with one attached hydrogen (secondary N) is 1. The second kappa shape index (κ2) is 16.5. The van der Waals surface area contributed by atoms with E-state index in [-0.39, 0.29) is 30.8 Å². The number of aromatic nitrogens is 1. The molecule has 0 spiro atoms. The predicted octanol–water partition coefficient (Wildman–Crippen LogP) is 7.59. The number of aliphatic hydroxyl groups excluding tert-OH is 1. The molecule has 53 heavy (non-hydrogen) atoms. The molecule has 6 rings (SSSR count). The lowest BCUT2D eigenvalue weighted by Gasteiger charge is -2.30. The molecular formula is C43H43N3O6S. The van der Waals surface area contributed by atoms with Gasteiger partial charge in [0.2, 0.25) is 0 Å². The van der Waals surface area contributed by atoms with Crippen LogP contribution in [0.2, 0.25) is 0 Å². The maximum absolute atomic E-state index is 13.8. The normalized spacial score (nSPS) is 14.4. The first-order chi connectivity index (χ1) is 25.6. The number of carbonyl (C=O) groups is 1. The summed E-state index contributed by atoms with van der Waals surface area (Å²) in [5, 5.41) is 13.2. The molecule has 1 amide bonds. The number of ether oxygens (including phenoxy) is 3. The van der Waals surface area contributed by atoms with Gasteiger partial charge in [-0.3, -0.25) is 4.79 Å². The van der Waals surface area contributed by atoms with Crippen LogP contribution in [0.4, 0.5) is 0 Å². The summed E-state index contributed by atoms with van der Waals surface area (Å²) in [6.07, 6.45) is 0.359. The molecule has 0 aliphatic carbocycles. The van der Waals surface area contributed by atoms with E-state index in [9.17, 15) is 14.1 Å². The van der Waals surface area contributed by atoms with Gasteiger partial charge in [0, 0.05) is 42.0 Å². The lowest BCUT2D eigenvalue weighted by atomic mass is 9.95. The monoisotopic (exact) mass is 729 g/mol. The first kappa shape index (κ1) is 37.3. The maximum Gasteiger partial charge on any atom is 0.270 e. The zero-order chi connectivity index (χ0) is 37.5. The number of nitrogens with zero attached hydrogens (tertiary/aromatic N) is 2. The minimum Gasteiger partial charge on any atom is -0.493 e. The number of amides is 1. The second-order valence-electron chi connectivity index (χ2n) is 13.5. The number of hydrogen-bond donors (Lipinski definition) is 2. The highest BCUT2D eigenvalue weighted by Crippen LogP contribution is 2.44. The number of hydrogen-bond acceptors (Lipinski definition) is 7. The van der Waals surface area contributed by atoms with Gasteiger partial charge in [0.15, 0.2) is 11.5 Å². The van der Waals surface area contributed by atoms with E-state index in [2.05, 4.69) is 17.2 Å². The van der Waals surface area contributed by atoms with Crippen molar-refractivity contribution in [2.45, 2.75) is 51.1 Å². The van der Waals surface area contributed by atoms with E-state index in [1.54, 1.807) is 20.3 Å². The summed E-state index contributed by atoms with van der Waals surface area (Å²) in [5.74, 6) is 8.76. The summed E-state index contributed by atoms with van der Waals surface area (Å²) in [5.41, 5.74) is 5.70. The van der Waals surface area contributed by atoms with E-state index >= 15 is 0 Å². The molecular weight excluding hydrogens is 687 g/mol. The Morgan fingerprint density at radius 2 is 1.58 bits per heavy atom. The third-order valence-electron chi connectivity index (χ3n) is 8.75. The Morgan fingerprint density at radius 3 is 2.26 bits per heavy atom. The number of benzene rings is 4. The lowest BCUT2D eigenvalue weighted by Crippen LogP contribution is -2.36. The minimum atomic E-state index is -1.39. The van der Waals surface area contributed by atoms with Crippen LogP contribution in [0.25, 0.3) is 11.3 Å². The van der Waals surface area contributed by atoms with Crippen LogP contribution in [0.5, 0.6) is 23.0 Å². The lowest BCUT2D eigenvalue weighted by molar-refractivity contribution is 0.0946. The molecule has 2 heterocycles. The molecule has 272 valence electrons. The van der Waals surface area contributed by atoms with Gasteiger partial charge < -0.3 is 24.6 Å². The van der Waals surface area contributed by atoms with Crippen molar-refractivity contribution < 1.29 is 28.3 Å². The Labute approximate surface area is 313 Å². The van der Waals surface area contributed by atoms with Crippen LogP contribution in [0.15, 0.2) is 103 Å². The molecule has 2 N–H and O–H groups in total. The van der Waals surface area contributed by atoms with Gasteiger partial charge in [-0.25, -0.2) is 13.5 Å². The highest BCUT2D eigenvalue weighted by molar-refractivity contribution is 7.84. The van der Waals surface area contributed by atoms with E-state index in [0.717, 1.165) is 39.1 Å². The molecule has 0 saturated heterocycles. The Morgan fingerprint density at radius 1 is 0.887 bits per heavy atom. The molecule has 10 heteroatoms. The fourth-order valence-corrected chi connectivity index (χ4v) is 7.58. The largest absolute Gasteiger partial charge is 0.493 e. The van der Waals surface area contributed by atoms with Gasteiger partial charge in [-0.1, -0.05) is 54.3 Å². The number of carbonyl (C=O) groups excluding carboxylic acids is 1. The number of fused-ring (bicyclic) bond motifs is 1. The van der Waals surface area contributed by atoms with Gasteiger partial charge >= 0.3 is 0 Å². The smallest absolute Gasteiger partial charge is 0.270 e. The van der Waals surface area contributed by atoms with Gasteiger partial charge in [0.1, 0.15) is 28.2 Å². The number of pyridine rings is 1. The SMILES string of the molecule is COc1ccc(C#Cc2cccc(-c3nc(C(=O)NCc4ccc(Oc5ccccc5)cc4)cc4c3[C@@H](CCO)N(S(=O)C(C)(C)C)C4)c2)cc1OC. The van der Waals surface area contributed by atoms with Crippen molar-refractivity contribution in [3.05, 3.63) is 137 Å². The highest BCUT2D eigenvalue weighted by Gasteiger charge is 2.40. The summed E-state index contributed by atoms with van der Waals surface area (Å²) >= 11 is 0. The quantitative estimate of drug-likeness (QED) is 0.135. The van der Waals surface area contributed by atoms with E-state index in [4.69, 9.17) is 19.2 Å². The van der Waals surface area contributed by atoms with Crippen molar-refractivity contribution in [1.29, 1.82) is 0 Å².